The first-order valence-electron chi connectivity index (χ1n) is 9.58. The Bertz CT molecular complexity index is 1020. The van der Waals surface area contributed by atoms with E-state index in [1.807, 2.05) is 35.8 Å². The quantitative estimate of drug-likeness (QED) is 0.307. The van der Waals surface area contributed by atoms with Gasteiger partial charge < -0.3 is 10.1 Å². The smallest absolute Gasteiger partial charge is 0.223 e. The molecule has 0 bridgehead atoms. The molecule has 0 fully saturated rings. The molecule has 0 atom stereocenters. The number of aromatic nitrogens is 3. The zero-order valence-electron chi connectivity index (χ0n) is 16.0. The fourth-order valence-electron chi connectivity index (χ4n) is 2.95. The number of benzene rings is 1. The average molecular weight is 406 g/mol. The molecule has 0 radical (unpaired) electrons. The molecule has 1 aromatic carbocycles. The normalized spacial score (nSPS) is 11.0. The molecule has 0 aliphatic heterocycles. The van der Waals surface area contributed by atoms with Crippen LogP contribution in [0.3, 0.4) is 0 Å². The summed E-state index contributed by atoms with van der Waals surface area (Å²) in [5.41, 5.74) is 4.25. The van der Waals surface area contributed by atoms with Crippen LogP contribution in [0, 0.1) is 0 Å². The summed E-state index contributed by atoms with van der Waals surface area (Å²) in [5, 5.41) is 8.64. The van der Waals surface area contributed by atoms with E-state index in [1.54, 1.807) is 17.5 Å². The van der Waals surface area contributed by atoms with Crippen LogP contribution in [0.15, 0.2) is 66.3 Å². The van der Waals surface area contributed by atoms with Crippen molar-refractivity contribution in [2.45, 2.75) is 19.6 Å². The van der Waals surface area contributed by atoms with E-state index in [9.17, 15) is 0 Å². The second-order valence-electron chi connectivity index (χ2n) is 6.57. The molecule has 7 heteroatoms. The number of nitrogens with one attached hydrogen (secondary N) is 2. The monoisotopic (exact) mass is 405 g/mol. The van der Waals surface area contributed by atoms with E-state index in [0.717, 1.165) is 34.4 Å². The van der Waals surface area contributed by atoms with Crippen molar-refractivity contribution in [3.63, 3.8) is 0 Å². The van der Waals surface area contributed by atoms with Crippen molar-refractivity contribution in [3.05, 3.63) is 83.1 Å². The van der Waals surface area contributed by atoms with Crippen LogP contribution in [0.25, 0.3) is 10.2 Å². The van der Waals surface area contributed by atoms with Gasteiger partial charge in [0, 0.05) is 25.5 Å². The van der Waals surface area contributed by atoms with Crippen LogP contribution >= 0.6 is 11.3 Å². The van der Waals surface area contributed by atoms with Gasteiger partial charge in [-0.3, -0.25) is 10.3 Å². The molecule has 6 nitrogen and oxygen atoms in total. The molecule has 0 spiro atoms. The van der Waals surface area contributed by atoms with Crippen molar-refractivity contribution in [2.75, 3.05) is 18.6 Å². The Balaban J connectivity index is 1.30. The van der Waals surface area contributed by atoms with Crippen LogP contribution in [0.2, 0.25) is 0 Å². The fourth-order valence-corrected chi connectivity index (χ4v) is 3.76. The van der Waals surface area contributed by atoms with Gasteiger partial charge in [-0.05, 0) is 35.1 Å². The van der Waals surface area contributed by atoms with Crippen LogP contribution in [0.5, 0.6) is 0 Å². The molecule has 4 rings (SSSR count). The lowest BCUT2D eigenvalue weighted by atomic mass is 10.2. The van der Waals surface area contributed by atoms with Crippen molar-refractivity contribution in [3.8, 4) is 0 Å². The van der Waals surface area contributed by atoms with Gasteiger partial charge in [-0.15, -0.1) is 11.3 Å². The van der Waals surface area contributed by atoms with E-state index >= 15 is 0 Å². The molecule has 2 N–H and O–H groups in total. The molecule has 0 aliphatic rings. The minimum Gasteiger partial charge on any atom is -0.360 e. The summed E-state index contributed by atoms with van der Waals surface area (Å²) in [6.07, 6.45) is 4.58. The second-order valence-corrected chi connectivity index (χ2v) is 7.49. The molecule has 0 saturated carbocycles. The number of hydrogen-bond acceptors (Lipinski definition) is 7. The van der Waals surface area contributed by atoms with Crippen molar-refractivity contribution in [1.29, 1.82) is 0 Å². The summed E-state index contributed by atoms with van der Waals surface area (Å²) in [4.78, 5) is 13.4. The number of thiophene rings is 1. The topological polar surface area (TPSA) is 72.0 Å². The van der Waals surface area contributed by atoms with Crippen molar-refractivity contribution >= 4 is 27.5 Å². The third kappa shape index (κ3) is 5.57. The van der Waals surface area contributed by atoms with Gasteiger partial charge in [0.2, 0.25) is 5.95 Å². The minimum atomic E-state index is 0.444. The van der Waals surface area contributed by atoms with Gasteiger partial charge in [0.05, 0.1) is 29.2 Å². The summed E-state index contributed by atoms with van der Waals surface area (Å²) in [6, 6.07) is 16.4. The molecule has 0 amide bonds. The number of anilines is 1. The number of rotatable bonds is 10. The average Bonchev–Trinajstić information content (AvgIpc) is 3.25. The highest BCUT2D eigenvalue weighted by Gasteiger charge is 2.09. The second kappa shape index (κ2) is 10.1. The molecule has 0 aliphatic carbocycles. The molecular weight excluding hydrogens is 382 g/mol. The first-order valence-corrected chi connectivity index (χ1v) is 10.5. The molecule has 3 heterocycles. The van der Waals surface area contributed by atoms with Crippen LogP contribution in [-0.2, 0) is 24.3 Å². The van der Waals surface area contributed by atoms with Crippen LogP contribution in [0.1, 0.15) is 16.8 Å². The van der Waals surface area contributed by atoms with Gasteiger partial charge in [0.15, 0.2) is 0 Å². The Morgan fingerprint density at radius 3 is 2.72 bits per heavy atom. The third-order valence-corrected chi connectivity index (χ3v) is 5.38. The van der Waals surface area contributed by atoms with Crippen molar-refractivity contribution < 1.29 is 4.74 Å². The molecule has 0 saturated heterocycles. The molecule has 4 aromatic rings. The molecular formula is C22H23N5OS. The minimum absolute atomic E-state index is 0.444. The molecule has 0 unspecified atom stereocenters. The summed E-state index contributed by atoms with van der Waals surface area (Å²) in [7, 11) is 0. The Morgan fingerprint density at radius 2 is 1.86 bits per heavy atom. The highest BCUT2D eigenvalue weighted by Crippen LogP contribution is 2.24. The Kier molecular flexibility index (Phi) is 6.75. The molecule has 3 aromatic heterocycles. The summed E-state index contributed by atoms with van der Waals surface area (Å²) >= 11 is 1.64. The summed E-state index contributed by atoms with van der Waals surface area (Å²) < 4.78 is 6.89. The van der Waals surface area contributed by atoms with Gasteiger partial charge in [-0.1, -0.05) is 36.4 Å². The summed E-state index contributed by atoms with van der Waals surface area (Å²) in [5.74, 6) is 0.607. The summed E-state index contributed by atoms with van der Waals surface area (Å²) in [6.45, 7) is 2.44. The first kappa shape index (κ1) is 19.4. The standard InChI is InChI=1S/C22H23N5OS/c1-2-5-17(6-3-1)8-11-24-16-28-15-20-21-19(9-12-29-21)26-22(27-20)25-14-18-7-4-10-23-13-18/h1-7,9-10,12-13,24H,8,11,14-16H2,(H,25,26,27). The molecule has 148 valence electrons. The van der Waals surface area contributed by atoms with E-state index in [-0.39, 0.29) is 0 Å². The fraction of sp³-hybridized carbons (Fsp3) is 0.227. The van der Waals surface area contributed by atoms with Crippen LogP contribution < -0.4 is 10.6 Å². The Morgan fingerprint density at radius 1 is 0.966 bits per heavy atom. The Hall–Kier alpha value is -2.87. The predicted octanol–water partition coefficient (Wildman–Crippen LogP) is 4.00. The van der Waals surface area contributed by atoms with Crippen molar-refractivity contribution in [1.82, 2.24) is 20.3 Å². The van der Waals surface area contributed by atoms with E-state index in [4.69, 9.17) is 4.74 Å². The predicted molar refractivity (Wildman–Crippen MR) is 117 cm³/mol. The van der Waals surface area contributed by atoms with Gasteiger partial charge in [-0.2, -0.15) is 0 Å². The van der Waals surface area contributed by atoms with Gasteiger partial charge in [0.25, 0.3) is 0 Å². The van der Waals surface area contributed by atoms with Crippen LogP contribution in [0.4, 0.5) is 5.95 Å². The van der Waals surface area contributed by atoms with Gasteiger partial charge >= 0.3 is 0 Å². The lowest BCUT2D eigenvalue weighted by Crippen LogP contribution is -2.20. The number of fused-ring (bicyclic) bond motifs is 1. The number of pyridine rings is 1. The Labute approximate surface area is 174 Å². The maximum atomic E-state index is 5.82. The first-order chi connectivity index (χ1) is 14.4. The number of hydrogen-bond donors (Lipinski definition) is 2. The SMILES string of the molecule is c1ccc(CCNCOCc2nc(NCc3cccnc3)nc3ccsc23)cc1. The van der Waals surface area contributed by atoms with E-state index in [0.29, 0.717) is 25.8 Å². The largest absolute Gasteiger partial charge is 0.360 e. The zero-order chi connectivity index (χ0) is 19.7. The van der Waals surface area contributed by atoms with E-state index in [1.165, 1.54) is 5.56 Å². The van der Waals surface area contributed by atoms with Crippen LogP contribution in [-0.4, -0.2) is 28.2 Å². The maximum absolute atomic E-state index is 5.82. The lowest BCUT2D eigenvalue weighted by molar-refractivity contribution is 0.103. The maximum Gasteiger partial charge on any atom is 0.223 e. The lowest BCUT2D eigenvalue weighted by Gasteiger charge is -2.09. The highest BCUT2D eigenvalue weighted by atomic mass is 32.1. The van der Waals surface area contributed by atoms with E-state index in [2.05, 4.69) is 49.9 Å². The number of ether oxygens (including phenoxy) is 1. The third-order valence-electron chi connectivity index (χ3n) is 4.42. The van der Waals surface area contributed by atoms with E-state index < -0.39 is 0 Å². The number of nitrogens with zero attached hydrogens (tertiary/aromatic N) is 3. The van der Waals surface area contributed by atoms with Crippen molar-refractivity contribution in [2.24, 2.45) is 0 Å². The molecule has 29 heavy (non-hydrogen) atoms. The van der Waals surface area contributed by atoms with Gasteiger partial charge in [0.1, 0.15) is 0 Å². The zero-order valence-corrected chi connectivity index (χ0v) is 16.9. The van der Waals surface area contributed by atoms with Gasteiger partial charge in [-0.25, -0.2) is 9.97 Å². The highest BCUT2D eigenvalue weighted by molar-refractivity contribution is 7.17.